The van der Waals surface area contributed by atoms with E-state index >= 15 is 0 Å². The highest BCUT2D eigenvalue weighted by atomic mass is 32.1. The fourth-order valence-electron chi connectivity index (χ4n) is 2.68. The maximum absolute atomic E-state index is 12.8. The zero-order chi connectivity index (χ0) is 15.7. The van der Waals surface area contributed by atoms with Gasteiger partial charge in [0.2, 0.25) is 5.91 Å². The second kappa shape index (κ2) is 6.18. The van der Waals surface area contributed by atoms with Crippen molar-refractivity contribution in [2.45, 2.75) is 25.8 Å². The summed E-state index contributed by atoms with van der Waals surface area (Å²) in [5.74, 6) is -0.173. The smallest absolute Gasteiger partial charge is 0.266 e. The molecule has 0 saturated carbocycles. The molecule has 1 atom stereocenters. The molecule has 0 aliphatic carbocycles. The van der Waals surface area contributed by atoms with E-state index in [0.29, 0.717) is 11.4 Å². The molecule has 0 radical (unpaired) electrons. The molecule has 116 valence electrons. The molecular weight excluding hydrogens is 318 g/mol. The summed E-state index contributed by atoms with van der Waals surface area (Å²) in [5, 5.41) is 7.52. The van der Waals surface area contributed by atoms with Crippen LogP contribution in [-0.4, -0.2) is 41.3 Å². The minimum atomic E-state index is -0.358. The Morgan fingerprint density at radius 3 is 2.95 bits per heavy atom. The van der Waals surface area contributed by atoms with Gasteiger partial charge in [-0.25, -0.2) is 4.98 Å². The lowest BCUT2D eigenvalue weighted by Gasteiger charge is -2.22. The summed E-state index contributed by atoms with van der Waals surface area (Å²) in [6.07, 6.45) is 1.58. The van der Waals surface area contributed by atoms with Crippen LogP contribution in [0.5, 0.6) is 0 Å². The van der Waals surface area contributed by atoms with E-state index in [4.69, 9.17) is 0 Å². The van der Waals surface area contributed by atoms with Gasteiger partial charge in [0.05, 0.1) is 5.69 Å². The van der Waals surface area contributed by atoms with Crippen LogP contribution >= 0.6 is 22.7 Å². The lowest BCUT2D eigenvalue weighted by atomic mass is 10.2. The predicted octanol–water partition coefficient (Wildman–Crippen LogP) is 2.53. The number of carbonyl (C=O) groups is 2. The van der Waals surface area contributed by atoms with Gasteiger partial charge in [-0.05, 0) is 31.2 Å². The molecule has 1 fully saturated rings. The third-order valence-corrected chi connectivity index (χ3v) is 5.70. The maximum Gasteiger partial charge on any atom is 0.266 e. The molecule has 0 unspecified atom stereocenters. The third-order valence-electron chi connectivity index (χ3n) is 3.82. The molecule has 3 rings (SSSR count). The Labute approximate surface area is 137 Å². The summed E-state index contributed by atoms with van der Waals surface area (Å²) in [6.45, 7) is 2.48. The Bertz CT molecular complexity index is 694. The average molecular weight is 335 g/mol. The minimum Gasteiger partial charge on any atom is -0.357 e. The SMILES string of the molecule is CNC(=O)[C@@H]1CCCN1C(=O)c1sc(-c2ccsc2)nc1C. The third kappa shape index (κ3) is 2.66. The highest BCUT2D eigenvalue weighted by Crippen LogP contribution is 2.31. The van der Waals surface area contributed by atoms with Crippen LogP contribution in [0.25, 0.3) is 10.6 Å². The van der Waals surface area contributed by atoms with Crippen LogP contribution < -0.4 is 5.32 Å². The first-order valence-corrected chi connectivity index (χ1v) is 8.90. The lowest BCUT2D eigenvalue weighted by Crippen LogP contribution is -2.44. The lowest BCUT2D eigenvalue weighted by molar-refractivity contribution is -0.124. The van der Waals surface area contributed by atoms with Crippen molar-refractivity contribution in [2.75, 3.05) is 13.6 Å². The maximum atomic E-state index is 12.8. The number of likely N-dealkylation sites (tertiary alicyclic amines) is 1. The van der Waals surface area contributed by atoms with Crippen molar-refractivity contribution in [3.63, 3.8) is 0 Å². The van der Waals surface area contributed by atoms with Crippen molar-refractivity contribution >= 4 is 34.5 Å². The van der Waals surface area contributed by atoms with Gasteiger partial charge in [0.1, 0.15) is 15.9 Å². The Balaban J connectivity index is 1.87. The molecule has 7 heteroatoms. The fourth-order valence-corrected chi connectivity index (χ4v) is 4.42. The molecule has 5 nitrogen and oxygen atoms in total. The van der Waals surface area contributed by atoms with Crippen LogP contribution in [0.2, 0.25) is 0 Å². The number of hydrogen-bond donors (Lipinski definition) is 1. The van der Waals surface area contributed by atoms with Crippen LogP contribution in [0.15, 0.2) is 16.8 Å². The number of rotatable bonds is 3. The van der Waals surface area contributed by atoms with E-state index in [1.54, 1.807) is 23.3 Å². The van der Waals surface area contributed by atoms with Crippen molar-refractivity contribution < 1.29 is 9.59 Å². The number of thiazole rings is 1. The topological polar surface area (TPSA) is 62.3 Å². The molecule has 2 amide bonds. The van der Waals surface area contributed by atoms with Gasteiger partial charge in [-0.15, -0.1) is 11.3 Å². The van der Waals surface area contributed by atoms with E-state index in [-0.39, 0.29) is 17.9 Å². The highest BCUT2D eigenvalue weighted by molar-refractivity contribution is 7.17. The van der Waals surface area contributed by atoms with Crippen LogP contribution in [0, 0.1) is 6.92 Å². The van der Waals surface area contributed by atoms with E-state index < -0.39 is 0 Å². The summed E-state index contributed by atoms with van der Waals surface area (Å²) in [5.41, 5.74) is 1.78. The minimum absolute atomic E-state index is 0.0809. The standard InChI is InChI=1S/C15H17N3O2S2/c1-9-12(22-14(17-9)10-5-7-21-8-10)15(20)18-6-3-4-11(18)13(19)16-2/h5,7-8,11H,3-4,6H2,1-2H3,(H,16,19)/t11-/m0/s1. The number of thiophene rings is 1. The van der Waals surface area contributed by atoms with E-state index in [0.717, 1.165) is 29.1 Å². The van der Waals surface area contributed by atoms with E-state index in [1.165, 1.54) is 11.3 Å². The monoisotopic (exact) mass is 335 g/mol. The van der Waals surface area contributed by atoms with Crippen molar-refractivity contribution in [2.24, 2.45) is 0 Å². The Hall–Kier alpha value is -1.73. The second-order valence-electron chi connectivity index (χ2n) is 5.22. The van der Waals surface area contributed by atoms with Gasteiger partial charge in [0.15, 0.2) is 0 Å². The summed E-state index contributed by atoms with van der Waals surface area (Å²) in [4.78, 5) is 31.5. The largest absolute Gasteiger partial charge is 0.357 e. The molecule has 1 aliphatic rings. The number of aryl methyl sites for hydroxylation is 1. The normalized spacial score (nSPS) is 17.7. The number of carbonyl (C=O) groups excluding carboxylic acids is 2. The Kier molecular flexibility index (Phi) is 4.26. The van der Waals surface area contributed by atoms with E-state index in [1.807, 2.05) is 23.8 Å². The van der Waals surface area contributed by atoms with Crippen molar-refractivity contribution in [3.8, 4) is 10.6 Å². The Morgan fingerprint density at radius 1 is 1.45 bits per heavy atom. The highest BCUT2D eigenvalue weighted by Gasteiger charge is 2.35. The first-order chi connectivity index (χ1) is 10.6. The summed E-state index contributed by atoms with van der Waals surface area (Å²) in [7, 11) is 1.61. The summed E-state index contributed by atoms with van der Waals surface area (Å²) in [6, 6.07) is 1.64. The second-order valence-corrected chi connectivity index (χ2v) is 7.00. The molecule has 0 bridgehead atoms. The van der Waals surface area contributed by atoms with Crippen LogP contribution in [0.3, 0.4) is 0 Å². The van der Waals surface area contributed by atoms with Gasteiger partial charge in [-0.2, -0.15) is 11.3 Å². The number of aromatic nitrogens is 1. The number of nitrogens with zero attached hydrogens (tertiary/aromatic N) is 2. The fraction of sp³-hybridized carbons (Fsp3) is 0.400. The van der Waals surface area contributed by atoms with Crippen LogP contribution in [0.1, 0.15) is 28.2 Å². The Morgan fingerprint density at radius 2 is 2.27 bits per heavy atom. The van der Waals surface area contributed by atoms with Gasteiger partial charge in [-0.3, -0.25) is 9.59 Å². The quantitative estimate of drug-likeness (QED) is 0.937. The number of nitrogens with one attached hydrogen (secondary N) is 1. The number of amides is 2. The van der Waals surface area contributed by atoms with Crippen LogP contribution in [0.4, 0.5) is 0 Å². The zero-order valence-electron chi connectivity index (χ0n) is 12.5. The first-order valence-electron chi connectivity index (χ1n) is 7.14. The zero-order valence-corrected chi connectivity index (χ0v) is 14.1. The van der Waals surface area contributed by atoms with Crippen LogP contribution in [-0.2, 0) is 4.79 Å². The van der Waals surface area contributed by atoms with E-state index in [2.05, 4.69) is 10.3 Å². The molecule has 22 heavy (non-hydrogen) atoms. The molecule has 1 saturated heterocycles. The first kappa shape index (κ1) is 15.2. The van der Waals surface area contributed by atoms with Gasteiger partial charge in [-0.1, -0.05) is 0 Å². The summed E-state index contributed by atoms with van der Waals surface area (Å²) < 4.78 is 0. The molecule has 1 aliphatic heterocycles. The van der Waals surface area contributed by atoms with Gasteiger partial charge in [0, 0.05) is 24.5 Å². The van der Waals surface area contributed by atoms with Gasteiger partial charge < -0.3 is 10.2 Å². The molecule has 3 heterocycles. The average Bonchev–Trinajstić information content (AvgIpc) is 3.25. The van der Waals surface area contributed by atoms with E-state index in [9.17, 15) is 9.59 Å². The molecular formula is C15H17N3O2S2. The molecule has 1 N–H and O–H groups in total. The van der Waals surface area contributed by atoms with Gasteiger partial charge >= 0.3 is 0 Å². The number of likely N-dealkylation sites (N-methyl/N-ethyl adjacent to an activating group) is 1. The van der Waals surface area contributed by atoms with Gasteiger partial charge in [0.25, 0.3) is 5.91 Å². The molecule has 0 aromatic carbocycles. The molecule has 0 spiro atoms. The molecule has 2 aromatic rings. The summed E-state index contributed by atoms with van der Waals surface area (Å²) >= 11 is 3.02. The molecule has 2 aromatic heterocycles. The number of hydrogen-bond acceptors (Lipinski definition) is 5. The van der Waals surface area contributed by atoms with Crippen molar-refractivity contribution in [1.29, 1.82) is 0 Å². The predicted molar refractivity (Wildman–Crippen MR) is 88.3 cm³/mol. The van der Waals surface area contributed by atoms with Crippen molar-refractivity contribution in [3.05, 3.63) is 27.4 Å². The van der Waals surface area contributed by atoms with Crippen molar-refractivity contribution in [1.82, 2.24) is 15.2 Å².